The molecule has 1 aromatic rings. The van der Waals surface area contributed by atoms with Crippen LogP contribution in [0.2, 0.25) is 0 Å². The molecule has 2 N–H and O–H groups in total. The summed E-state index contributed by atoms with van der Waals surface area (Å²) in [7, 11) is 3.04. The van der Waals surface area contributed by atoms with Gasteiger partial charge in [0.2, 0.25) is 11.8 Å². The van der Waals surface area contributed by atoms with Crippen LogP contribution >= 0.6 is 0 Å². The van der Waals surface area contributed by atoms with Gasteiger partial charge in [-0.25, -0.2) is 0 Å². The molecule has 1 aliphatic carbocycles. The van der Waals surface area contributed by atoms with Gasteiger partial charge in [-0.05, 0) is 18.9 Å². The predicted molar refractivity (Wildman–Crippen MR) is 73.9 cm³/mol. The quantitative estimate of drug-likeness (QED) is 0.746. The summed E-state index contributed by atoms with van der Waals surface area (Å²) in [4.78, 5) is 19.4. The number of nitrogens with one attached hydrogen (secondary N) is 2. The summed E-state index contributed by atoms with van der Waals surface area (Å²) < 4.78 is 10.1. The van der Waals surface area contributed by atoms with Gasteiger partial charge in [0.25, 0.3) is 0 Å². The molecule has 0 aliphatic heterocycles. The third kappa shape index (κ3) is 3.37. The number of methoxy groups -OCH3 is 2. The van der Waals surface area contributed by atoms with Crippen LogP contribution in [0.3, 0.4) is 0 Å². The molecule has 1 fully saturated rings. The van der Waals surface area contributed by atoms with E-state index in [9.17, 15) is 4.79 Å². The van der Waals surface area contributed by atoms with Crippen molar-refractivity contribution in [3.63, 3.8) is 0 Å². The lowest BCUT2D eigenvalue weighted by Crippen LogP contribution is -2.49. The summed E-state index contributed by atoms with van der Waals surface area (Å²) in [6, 6.07) is 2.40. The second-order valence-electron chi connectivity index (χ2n) is 4.50. The van der Waals surface area contributed by atoms with E-state index < -0.39 is 0 Å². The van der Waals surface area contributed by atoms with Crippen molar-refractivity contribution in [2.45, 2.75) is 24.9 Å². The van der Waals surface area contributed by atoms with Crippen molar-refractivity contribution in [2.75, 3.05) is 19.5 Å². The number of carbonyl (C=O) groups is 1. The van der Waals surface area contributed by atoms with Crippen LogP contribution in [0.15, 0.2) is 18.7 Å². The lowest BCUT2D eigenvalue weighted by molar-refractivity contribution is -0.117. The maximum atomic E-state index is 11.1. The molecular formula is C13H18N4O3. The first-order valence-corrected chi connectivity index (χ1v) is 6.31. The molecule has 0 saturated heterocycles. The minimum Gasteiger partial charge on any atom is -0.481 e. The van der Waals surface area contributed by atoms with Crippen LogP contribution in [0.5, 0.6) is 11.9 Å². The zero-order chi connectivity index (χ0) is 14.5. The Bertz CT molecular complexity index is 478. The topological polar surface area (TPSA) is 85.4 Å². The molecule has 20 heavy (non-hydrogen) atoms. The fraction of sp³-hybridized carbons (Fsp3) is 0.462. The van der Waals surface area contributed by atoms with E-state index in [2.05, 4.69) is 27.2 Å². The van der Waals surface area contributed by atoms with Crippen molar-refractivity contribution in [2.24, 2.45) is 0 Å². The summed E-state index contributed by atoms with van der Waals surface area (Å²) >= 11 is 0. The highest BCUT2D eigenvalue weighted by Crippen LogP contribution is 2.25. The molecule has 1 heterocycles. The van der Waals surface area contributed by atoms with Crippen molar-refractivity contribution in [3.8, 4) is 11.9 Å². The monoisotopic (exact) mass is 278 g/mol. The van der Waals surface area contributed by atoms with Crippen LogP contribution in [-0.4, -0.2) is 42.2 Å². The second-order valence-corrected chi connectivity index (χ2v) is 4.50. The van der Waals surface area contributed by atoms with E-state index in [4.69, 9.17) is 9.47 Å². The minimum atomic E-state index is -0.140. The molecule has 7 heteroatoms. The van der Waals surface area contributed by atoms with E-state index in [1.807, 2.05) is 0 Å². The molecule has 0 bridgehead atoms. The number of rotatable bonds is 6. The number of aromatic nitrogens is 2. The van der Waals surface area contributed by atoms with Crippen molar-refractivity contribution in [3.05, 3.63) is 18.7 Å². The fourth-order valence-electron chi connectivity index (χ4n) is 2.00. The Balaban J connectivity index is 1.89. The largest absolute Gasteiger partial charge is 0.481 e. The molecule has 0 atom stereocenters. The summed E-state index contributed by atoms with van der Waals surface area (Å²) in [6.45, 7) is 3.42. The number of hydrogen-bond acceptors (Lipinski definition) is 6. The number of ether oxygens (including phenoxy) is 2. The van der Waals surface area contributed by atoms with Crippen LogP contribution in [0.25, 0.3) is 0 Å². The van der Waals surface area contributed by atoms with Crippen molar-refractivity contribution in [1.29, 1.82) is 0 Å². The van der Waals surface area contributed by atoms with E-state index >= 15 is 0 Å². The third-order valence-electron chi connectivity index (χ3n) is 3.10. The molecule has 1 aliphatic rings. The SMILES string of the molecule is C=CC(=O)NC1CC(Nc2cc(OC)nc(OC)n2)C1. The Kier molecular flexibility index (Phi) is 4.39. The summed E-state index contributed by atoms with van der Waals surface area (Å²) in [5.74, 6) is 0.946. The highest BCUT2D eigenvalue weighted by molar-refractivity contribution is 5.87. The van der Waals surface area contributed by atoms with Gasteiger partial charge in [-0.15, -0.1) is 0 Å². The summed E-state index contributed by atoms with van der Waals surface area (Å²) in [6.07, 6.45) is 2.96. The number of hydrogen-bond donors (Lipinski definition) is 2. The van der Waals surface area contributed by atoms with Gasteiger partial charge < -0.3 is 20.1 Å². The Morgan fingerprint density at radius 1 is 1.35 bits per heavy atom. The van der Waals surface area contributed by atoms with E-state index in [1.165, 1.54) is 20.3 Å². The van der Waals surface area contributed by atoms with Crippen LogP contribution < -0.4 is 20.1 Å². The van der Waals surface area contributed by atoms with Gasteiger partial charge in [-0.2, -0.15) is 9.97 Å². The number of carbonyl (C=O) groups excluding carboxylic acids is 1. The van der Waals surface area contributed by atoms with E-state index in [0.717, 1.165) is 12.8 Å². The van der Waals surface area contributed by atoms with E-state index in [1.54, 1.807) is 6.07 Å². The Labute approximate surface area is 117 Å². The zero-order valence-electron chi connectivity index (χ0n) is 11.5. The predicted octanol–water partition coefficient (Wildman–Crippen LogP) is 0.739. The van der Waals surface area contributed by atoms with Gasteiger partial charge in [0.1, 0.15) is 5.82 Å². The maximum Gasteiger partial charge on any atom is 0.321 e. The first kappa shape index (κ1) is 14.1. The van der Waals surface area contributed by atoms with Crippen LogP contribution in [-0.2, 0) is 4.79 Å². The Morgan fingerprint density at radius 3 is 2.70 bits per heavy atom. The highest BCUT2D eigenvalue weighted by Gasteiger charge is 2.30. The van der Waals surface area contributed by atoms with Crippen molar-refractivity contribution >= 4 is 11.7 Å². The molecule has 7 nitrogen and oxygen atoms in total. The fourth-order valence-corrected chi connectivity index (χ4v) is 2.00. The average molecular weight is 278 g/mol. The van der Waals surface area contributed by atoms with Crippen molar-refractivity contribution in [1.82, 2.24) is 15.3 Å². The summed E-state index contributed by atoms with van der Waals surface area (Å²) in [5.41, 5.74) is 0. The van der Waals surface area contributed by atoms with Crippen LogP contribution in [0, 0.1) is 0 Å². The Hall–Kier alpha value is -2.31. The first-order chi connectivity index (χ1) is 9.64. The Morgan fingerprint density at radius 2 is 2.10 bits per heavy atom. The van der Waals surface area contributed by atoms with Gasteiger partial charge in [0, 0.05) is 18.2 Å². The van der Waals surface area contributed by atoms with Gasteiger partial charge in [0.15, 0.2) is 0 Å². The molecule has 2 rings (SSSR count). The third-order valence-corrected chi connectivity index (χ3v) is 3.10. The molecule has 0 unspecified atom stereocenters. The van der Waals surface area contributed by atoms with E-state index in [0.29, 0.717) is 11.7 Å². The first-order valence-electron chi connectivity index (χ1n) is 6.31. The molecule has 1 amide bonds. The van der Waals surface area contributed by atoms with Gasteiger partial charge in [-0.3, -0.25) is 4.79 Å². The van der Waals surface area contributed by atoms with Crippen LogP contribution in [0.4, 0.5) is 5.82 Å². The zero-order valence-corrected chi connectivity index (χ0v) is 11.5. The van der Waals surface area contributed by atoms with Crippen molar-refractivity contribution < 1.29 is 14.3 Å². The molecule has 1 saturated carbocycles. The second kappa shape index (κ2) is 6.23. The molecule has 0 spiro atoms. The number of amides is 1. The smallest absolute Gasteiger partial charge is 0.321 e. The molecule has 0 radical (unpaired) electrons. The van der Waals surface area contributed by atoms with Crippen LogP contribution in [0.1, 0.15) is 12.8 Å². The molecular weight excluding hydrogens is 260 g/mol. The highest BCUT2D eigenvalue weighted by atomic mass is 16.5. The molecule has 0 aromatic carbocycles. The lowest BCUT2D eigenvalue weighted by Gasteiger charge is -2.36. The average Bonchev–Trinajstić information content (AvgIpc) is 2.44. The number of nitrogens with zero attached hydrogens (tertiary/aromatic N) is 2. The molecule has 1 aromatic heterocycles. The van der Waals surface area contributed by atoms with Gasteiger partial charge in [-0.1, -0.05) is 6.58 Å². The van der Waals surface area contributed by atoms with Gasteiger partial charge >= 0.3 is 6.01 Å². The van der Waals surface area contributed by atoms with Gasteiger partial charge in [0.05, 0.1) is 14.2 Å². The number of anilines is 1. The lowest BCUT2D eigenvalue weighted by atomic mass is 9.86. The maximum absolute atomic E-state index is 11.1. The summed E-state index contributed by atoms with van der Waals surface area (Å²) in [5, 5.41) is 6.11. The molecule has 108 valence electrons. The minimum absolute atomic E-state index is 0.140. The van der Waals surface area contributed by atoms with E-state index in [-0.39, 0.29) is 24.0 Å². The normalized spacial score (nSPS) is 20.5. The standard InChI is InChI=1S/C13H18N4O3/c1-4-11(18)15-9-5-8(6-9)14-10-7-12(19-2)17-13(16-10)20-3/h4,7-9H,1,5-6H2,2-3H3,(H,15,18)(H,14,16,17).